The highest BCUT2D eigenvalue weighted by Crippen LogP contribution is 2.42. The Labute approximate surface area is 90.7 Å². The maximum absolute atomic E-state index is 6.18. The zero-order valence-electron chi connectivity index (χ0n) is 10.6. The molecule has 0 spiro atoms. The molecule has 0 N–H and O–H groups in total. The summed E-state index contributed by atoms with van der Waals surface area (Å²) in [4.78, 5) is 0. The second kappa shape index (κ2) is 5.71. The second-order valence-electron chi connectivity index (χ2n) is 4.92. The van der Waals surface area contributed by atoms with E-state index in [1.165, 1.54) is 0 Å². The van der Waals surface area contributed by atoms with Crippen LogP contribution in [0.5, 0.6) is 0 Å². The summed E-state index contributed by atoms with van der Waals surface area (Å²) < 4.78 is 6.18. The molecular formula is C12H26OSi. The van der Waals surface area contributed by atoms with Gasteiger partial charge in [0.1, 0.15) is 0 Å². The number of hydrogen-bond acceptors (Lipinski definition) is 1. The molecule has 0 aliphatic heterocycles. The smallest absolute Gasteiger partial charge is 0.200 e. The minimum atomic E-state index is -1.62. The van der Waals surface area contributed by atoms with Gasteiger partial charge in [-0.05, 0) is 16.6 Å². The lowest BCUT2D eigenvalue weighted by Crippen LogP contribution is -2.47. The minimum absolute atomic E-state index is 0.669. The molecule has 14 heavy (non-hydrogen) atoms. The van der Waals surface area contributed by atoms with E-state index in [9.17, 15) is 0 Å². The molecule has 0 atom stereocenters. The average molecular weight is 214 g/mol. The summed E-state index contributed by atoms with van der Waals surface area (Å²) in [7, 11) is -1.62. The van der Waals surface area contributed by atoms with E-state index in [4.69, 9.17) is 4.43 Å². The fraction of sp³-hybridized carbons (Fsp3) is 0.833. The fourth-order valence-electron chi connectivity index (χ4n) is 2.70. The Balaban J connectivity index is 4.84. The predicted molar refractivity (Wildman–Crippen MR) is 67.2 cm³/mol. The quantitative estimate of drug-likeness (QED) is 0.471. The molecule has 0 saturated carbocycles. The summed E-state index contributed by atoms with van der Waals surface area (Å²) in [6.45, 7) is 18.3. The van der Waals surface area contributed by atoms with Gasteiger partial charge in [-0.3, -0.25) is 0 Å². The fourth-order valence-corrected chi connectivity index (χ4v) is 8.11. The van der Waals surface area contributed by atoms with Crippen molar-refractivity contribution < 1.29 is 4.43 Å². The maximum Gasteiger partial charge on any atom is 0.200 e. The minimum Gasteiger partial charge on any atom is -0.412 e. The zero-order chi connectivity index (χ0) is 11.4. The Morgan fingerprint density at radius 3 is 1.57 bits per heavy atom. The van der Waals surface area contributed by atoms with E-state index < -0.39 is 8.32 Å². The molecule has 0 radical (unpaired) electrons. The summed E-state index contributed by atoms with van der Waals surface area (Å²) in [6.07, 6.45) is 1.87. The average Bonchev–Trinajstić information content (AvgIpc) is 2.03. The van der Waals surface area contributed by atoms with Crippen LogP contribution in [0.25, 0.3) is 0 Å². The molecule has 0 aromatic rings. The molecule has 0 unspecified atom stereocenters. The highest BCUT2D eigenvalue weighted by Gasteiger charge is 2.44. The first kappa shape index (κ1) is 13.9. The standard InChI is InChI=1S/C12H26OSi/c1-8-9-13-14(10(2)3,11(4)5)12(6)7/h8,10-12H,1,9H2,2-7H3. The molecule has 0 amide bonds. The van der Waals surface area contributed by atoms with Gasteiger partial charge < -0.3 is 4.43 Å². The van der Waals surface area contributed by atoms with E-state index in [0.29, 0.717) is 23.2 Å². The molecule has 1 nitrogen and oxygen atoms in total. The lowest BCUT2D eigenvalue weighted by atomic mass is 10.5. The topological polar surface area (TPSA) is 9.23 Å². The third kappa shape index (κ3) is 2.70. The van der Waals surface area contributed by atoms with Crippen molar-refractivity contribution in [2.45, 2.75) is 58.2 Å². The summed E-state index contributed by atoms with van der Waals surface area (Å²) >= 11 is 0. The first-order valence-corrected chi connectivity index (χ1v) is 7.78. The first-order valence-electron chi connectivity index (χ1n) is 5.64. The maximum atomic E-state index is 6.18. The van der Waals surface area contributed by atoms with E-state index >= 15 is 0 Å². The van der Waals surface area contributed by atoms with Crippen molar-refractivity contribution in [1.29, 1.82) is 0 Å². The highest BCUT2D eigenvalue weighted by atomic mass is 28.4. The lowest BCUT2D eigenvalue weighted by molar-refractivity contribution is 0.316. The van der Waals surface area contributed by atoms with Crippen LogP contribution in [0.1, 0.15) is 41.5 Å². The van der Waals surface area contributed by atoms with E-state index in [2.05, 4.69) is 48.1 Å². The summed E-state index contributed by atoms with van der Waals surface area (Å²) in [5.41, 5.74) is 2.01. The predicted octanol–water partition coefficient (Wildman–Crippen LogP) is 4.36. The molecule has 2 heteroatoms. The highest BCUT2D eigenvalue weighted by molar-refractivity contribution is 6.77. The summed E-state index contributed by atoms with van der Waals surface area (Å²) in [5.74, 6) is 0. The molecule has 0 saturated heterocycles. The molecule has 0 aliphatic carbocycles. The Morgan fingerprint density at radius 1 is 1.00 bits per heavy atom. The van der Waals surface area contributed by atoms with Crippen LogP contribution >= 0.6 is 0 Å². The molecule has 84 valence electrons. The van der Waals surface area contributed by atoms with Crippen LogP contribution in [-0.4, -0.2) is 14.9 Å². The lowest BCUT2D eigenvalue weighted by Gasteiger charge is -2.41. The van der Waals surface area contributed by atoms with Gasteiger partial charge in [-0.2, -0.15) is 0 Å². The van der Waals surface area contributed by atoms with Gasteiger partial charge in [0.25, 0.3) is 0 Å². The monoisotopic (exact) mass is 214 g/mol. The van der Waals surface area contributed by atoms with Crippen molar-refractivity contribution >= 4 is 8.32 Å². The van der Waals surface area contributed by atoms with Crippen LogP contribution in [0.2, 0.25) is 16.6 Å². The van der Waals surface area contributed by atoms with Gasteiger partial charge in [-0.15, -0.1) is 6.58 Å². The van der Waals surface area contributed by atoms with Crippen LogP contribution in [0.15, 0.2) is 12.7 Å². The van der Waals surface area contributed by atoms with E-state index in [1.54, 1.807) is 0 Å². The van der Waals surface area contributed by atoms with Crippen LogP contribution in [0.3, 0.4) is 0 Å². The zero-order valence-corrected chi connectivity index (χ0v) is 11.6. The Morgan fingerprint density at radius 2 is 1.36 bits per heavy atom. The molecule has 0 heterocycles. The SMILES string of the molecule is C=CCO[Si](C(C)C)(C(C)C)C(C)C. The molecule has 0 aromatic carbocycles. The van der Waals surface area contributed by atoms with Gasteiger partial charge in [0.2, 0.25) is 8.32 Å². The molecule has 0 bridgehead atoms. The van der Waals surface area contributed by atoms with E-state index in [1.807, 2.05) is 6.08 Å². The van der Waals surface area contributed by atoms with Crippen molar-refractivity contribution in [1.82, 2.24) is 0 Å². The molecule has 0 aliphatic rings. The first-order chi connectivity index (χ1) is 6.39. The van der Waals surface area contributed by atoms with E-state index in [-0.39, 0.29) is 0 Å². The Bertz CT molecular complexity index is 151. The van der Waals surface area contributed by atoms with Crippen molar-refractivity contribution in [3.63, 3.8) is 0 Å². The molecule has 0 aromatic heterocycles. The van der Waals surface area contributed by atoms with Crippen molar-refractivity contribution in [2.24, 2.45) is 0 Å². The summed E-state index contributed by atoms with van der Waals surface area (Å²) in [6, 6.07) is 0. The second-order valence-corrected chi connectivity index (χ2v) is 10.4. The van der Waals surface area contributed by atoms with Crippen molar-refractivity contribution in [3.8, 4) is 0 Å². The third-order valence-corrected chi connectivity index (χ3v) is 9.24. The molecule has 0 fully saturated rings. The van der Waals surface area contributed by atoms with Crippen LogP contribution in [0, 0.1) is 0 Å². The van der Waals surface area contributed by atoms with Gasteiger partial charge in [-0.25, -0.2) is 0 Å². The number of rotatable bonds is 6. The van der Waals surface area contributed by atoms with Gasteiger partial charge in [0, 0.05) is 0 Å². The van der Waals surface area contributed by atoms with Gasteiger partial charge in [-0.1, -0.05) is 47.6 Å². The van der Waals surface area contributed by atoms with Crippen LogP contribution < -0.4 is 0 Å². The molecule has 0 rings (SSSR count). The normalized spacial score (nSPS) is 12.9. The van der Waals surface area contributed by atoms with Crippen LogP contribution in [-0.2, 0) is 4.43 Å². The Kier molecular flexibility index (Phi) is 5.68. The van der Waals surface area contributed by atoms with E-state index in [0.717, 1.165) is 0 Å². The van der Waals surface area contributed by atoms with Gasteiger partial charge in [0.15, 0.2) is 0 Å². The van der Waals surface area contributed by atoms with Gasteiger partial charge in [0.05, 0.1) is 6.61 Å². The van der Waals surface area contributed by atoms with Crippen LogP contribution in [0.4, 0.5) is 0 Å². The van der Waals surface area contributed by atoms with Gasteiger partial charge >= 0.3 is 0 Å². The van der Waals surface area contributed by atoms with Crippen molar-refractivity contribution in [2.75, 3.05) is 6.61 Å². The third-order valence-electron chi connectivity index (χ3n) is 3.16. The van der Waals surface area contributed by atoms with Crippen molar-refractivity contribution in [3.05, 3.63) is 12.7 Å². The summed E-state index contributed by atoms with van der Waals surface area (Å²) in [5, 5.41) is 0. The number of hydrogen-bond donors (Lipinski definition) is 0. The Hall–Kier alpha value is -0.0831. The largest absolute Gasteiger partial charge is 0.412 e. The molecular weight excluding hydrogens is 188 g/mol.